The van der Waals surface area contributed by atoms with Gasteiger partial charge in [-0.2, -0.15) is 13.2 Å². The fourth-order valence-corrected chi connectivity index (χ4v) is 1.89. The van der Waals surface area contributed by atoms with Gasteiger partial charge in [0.15, 0.2) is 0 Å². The van der Waals surface area contributed by atoms with Gasteiger partial charge in [0.25, 0.3) is 0 Å². The highest BCUT2D eigenvalue weighted by Crippen LogP contribution is 2.31. The summed E-state index contributed by atoms with van der Waals surface area (Å²) >= 11 is 5.54. The SMILES string of the molecule is COc1ccc(NC(=O)Nc2cc(C(F)(F)F)cc(Cl)n2)cc1. The van der Waals surface area contributed by atoms with Gasteiger partial charge in [0.05, 0.1) is 12.7 Å². The first kappa shape index (κ1) is 16.9. The summed E-state index contributed by atoms with van der Waals surface area (Å²) in [5.41, 5.74) is -0.571. The Morgan fingerprint density at radius 1 is 1.17 bits per heavy atom. The van der Waals surface area contributed by atoms with Crippen LogP contribution in [0.4, 0.5) is 29.5 Å². The van der Waals surface area contributed by atoms with E-state index in [2.05, 4.69) is 15.6 Å². The topological polar surface area (TPSA) is 63.2 Å². The van der Waals surface area contributed by atoms with Crippen LogP contribution in [-0.4, -0.2) is 18.1 Å². The molecule has 1 aromatic carbocycles. The average Bonchev–Trinajstić information content (AvgIpc) is 2.46. The Morgan fingerprint density at radius 2 is 1.83 bits per heavy atom. The molecule has 0 saturated heterocycles. The smallest absolute Gasteiger partial charge is 0.416 e. The van der Waals surface area contributed by atoms with Crippen LogP contribution in [-0.2, 0) is 6.18 Å². The van der Waals surface area contributed by atoms with E-state index in [1.165, 1.54) is 7.11 Å². The summed E-state index contributed by atoms with van der Waals surface area (Å²) in [4.78, 5) is 15.4. The number of hydrogen-bond acceptors (Lipinski definition) is 3. The number of rotatable bonds is 3. The van der Waals surface area contributed by atoms with Crippen LogP contribution in [0.15, 0.2) is 36.4 Å². The van der Waals surface area contributed by atoms with E-state index in [-0.39, 0.29) is 11.0 Å². The fourth-order valence-electron chi connectivity index (χ4n) is 1.68. The molecule has 0 fully saturated rings. The van der Waals surface area contributed by atoms with Crippen molar-refractivity contribution < 1.29 is 22.7 Å². The number of carbonyl (C=O) groups is 1. The van der Waals surface area contributed by atoms with Crippen molar-refractivity contribution in [2.24, 2.45) is 0 Å². The predicted octanol–water partition coefficient (Wildman–Crippen LogP) is 4.41. The molecule has 122 valence electrons. The third kappa shape index (κ3) is 4.75. The number of amides is 2. The Balaban J connectivity index is 2.09. The van der Waals surface area contributed by atoms with Crippen molar-refractivity contribution in [3.05, 3.63) is 47.1 Å². The molecule has 0 saturated carbocycles. The molecule has 0 bridgehead atoms. The summed E-state index contributed by atoms with van der Waals surface area (Å²) in [5.74, 6) is 0.290. The minimum absolute atomic E-state index is 0.309. The van der Waals surface area contributed by atoms with E-state index in [1.807, 2.05) is 0 Å². The van der Waals surface area contributed by atoms with Gasteiger partial charge in [-0.25, -0.2) is 9.78 Å². The van der Waals surface area contributed by atoms with Crippen LogP contribution in [0.5, 0.6) is 5.75 Å². The predicted molar refractivity (Wildman–Crippen MR) is 79.9 cm³/mol. The van der Waals surface area contributed by atoms with Gasteiger partial charge in [0.1, 0.15) is 16.7 Å². The summed E-state index contributed by atoms with van der Waals surface area (Å²) in [5, 5.41) is 4.27. The van der Waals surface area contributed by atoms with Crippen molar-refractivity contribution in [1.82, 2.24) is 4.98 Å². The lowest BCUT2D eigenvalue weighted by molar-refractivity contribution is -0.137. The van der Waals surface area contributed by atoms with Crippen molar-refractivity contribution in [3.8, 4) is 5.75 Å². The Labute approximate surface area is 134 Å². The lowest BCUT2D eigenvalue weighted by Crippen LogP contribution is -2.20. The molecule has 2 amide bonds. The molecule has 1 aromatic heterocycles. The minimum Gasteiger partial charge on any atom is -0.497 e. The first-order valence-corrected chi connectivity index (χ1v) is 6.62. The van der Waals surface area contributed by atoms with E-state index in [4.69, 9.17) is 16.3 Å². The van der Waals surface area contributed by atoms with E-state index in [0.29, 0.717) is 23.6 Å². The Hall–Kier alpha value is -2.48. The van der Waals surface area contributed by atoms with E-state index < -0.39 is 17.8 Å². The molecule has 1 heterocycles. The van der Waals surface area contributed by atoms with Crippen LogP contribution in [0.1, 0.15) is 5.56 Å². The molecule has 5 nitrogen and oxygen atoms in total. The van der Waals surface area contributed by atoms with Gasteiger partial charge in [0, 0.05) is 5.69 Å². The second-order valence-corrected chi connectivity index (χ2v) is 4.76. The number of ether oxygens (including phenoxy) is 1. The van der Waals surface area contributed by atoms with Crippen LogP contribution < -0.4 is 15.4 Å². The number of carbonyl (C=O) groups excluding carboxylic acids is 1. The molecule has 2 N–H and O–H groups in total. The standard InChI is InChI=1S/C14H11ClF3N3O2/c1-23-10-4-2-9(3-5-10)19-13(22)21-12-7-8(14(16,17)18)6-11(15)20-12/h2-7H,1H3,(H2,19,20,21,22). The number of halogens is 4. The largest absolute Gasteiger partial charge is 0.497 e. The zero-order valence-electron chi connectivity index (χ0n) is 11.7. The highest BCUT2D eigenvalue weighted by atomic mass is 35.5. The van der Waals surface area contributed by atoms with Crippen LogP contribution in [0.25, 0.3) is 0 Å². The summed E-state index contributed by atoms with van der Waals surface area (Å²) in [7, 11) is 1.50. The number of pyridine rings is 1. The molecule has 0 aliphatic rings. The second-order valence-electron chi connectivity index (χ2n) is 4.37. The molecule has 0 spiro atoms. The first-order valence-electron chi connectivity index (χ1n) is 6.25. The third-order valence-corrected chi connectivity index (χ3v) is 2.90. The maximum absolute atomic E-state index is 12.7. The van der Waals surface area contributed by atoms with E-state index in [9.17, 15) is 18.0 Å². The van der Waals surface area contributed by atoms with Gasteiger partial charge >= 0.3 is 12.2 Å². The lowest BCUT2D eigenvalue weighted by atomic mass is 10.2. The molecule has 2 rings (SSSR count). The number of hydrogen-bond donors (Lipinski definition) is 2. The van der Waals surface area contributed by atoms with Crippen molar-refractivity contribution in [1.29, 1.82) is 0 Å². The van der Waals surface area contributed by atoms with Gasteiger partial charge in [-0.05, 0) is 36.4 Å². The van der Waals surface area contributed by atoms with Crippen molar-refractivity contribution in [3.63, 3.8) is 0 Å². The zero-order chi connectivity index (χ0) is 17.0. The molecule has 0 aliphatic carbocycles. The van der Waals surface area contributed by atoms with Gasteiger partial charge in [-0.3, -0.25) is 5.32 Å². The Bertz CT molecular complexity index is 705. The van der Waals surface area contributed by atoms with Gasteiger partial charge in [-0.1, -0.05) is 11.6 Å². The number of urea groups is 1. The van der Waals surface area contributed by atoms with Crippen molar-refractivity contribution in [2.75, 3.05) is 17.7 Å². The molecule has 0 atom stereocenters. The number of benzene rings is 1. The maximum Gasteiger partial charge on any atom is 0.416 e. The zero-order valence-corrected chi connectivity index (χ0v) is 12.5. The number of nitrogens with zero attached hydrogens (tertiary/aromatic N) is 1. The highest BCUT2D eigenvalue weighted by molar-refractivity contribution is 6.29. The molecule has 2 aromatic rings. The fraction of sp³-hybridized carbons (Fsp3) is 0.143. The molecule has 9 heteroatoms. The van der Waals surface area contributed by atoms with Gasteiger partial charge in [0.2, 0.25) is 0 Å². The summed E-state index contributed by atoms with van der Waals surface area (Å²) in [6.07, 6.45) is -4.59. The van der Waals surface area contributed by atoms with Gasteiger partial charge < -0.3 is 10.1 Å². The Kier molecular flexibility index (Phi) is 4.95. The van der Waals surface area contributed by atoms with Crippen LogP contribution in [0.2, 0.25) is 5.15 Å². The number of nitrogens with one attached hydrogen (secondary N) is 2. The molecule has 23 heavy (non-hydrogen) atoms. The second kappa shape index (κ2) is 6.74. The lowest BCUT2D eigenvalue weighted by Gasteiger charge is -2.11. The monoisotopic (exact) mass is 345 g/mol. The minimum atomic E-state index is -4.59. The summed E-state index contributed by atoms with van der Waals surface area (Å²) in [6.45, 7) is 0. The number of methoxy groups -OCH3 is 1. The van der Waals surface area contributed by atoms with Crippen LogP contribution in [0, 0.1) is 0 Å². The molecule has 0 aliphatic heterocycles. The van der Waals surface area contributed by atoms with Crippen LogP contribution >= 0.6 is 11.6 Å². The van der Waals surface area contributed by atoms with Crippen LogP contribution in [0.3, 0.4) is 0 Å². The number of anilines is 2. The van der Waals surface area contributed by atoms with E-state index in [0.717, 1.165) is 0 Å². The number of aromatic nitrogens is 1. The normalized spacial score (nSPS) is 11.0. The molecule has 0 radical (unpaired) electrons. The Morgan fingerprint density at radius 3 is 2.39 bits per heavy atom. The highest BCUT2D eigenvalue weighted by Gasteiger charge is 2.31. The van der Waals surface area contributed by atoms with E-state index >= 15 is 0 Å². The molecular weight excluding hydrogens is 335 g/mol. The maximum atomic E-state index is 12.7. The third-order valence-electron chi connectivity index (χ3n) is 2.71. The quantitative estimate of drug-likeness (QED) is 0.810. The van der Waals surface area contributed by atoms with Crippen molar-refractivity contribution in [2.45, 2.75) is 6.18 Å². The molecule has 0 unspecified atom stereocenters. The van der Waals surface area contributed by atoms with Gasteiger partial charge in [-0.15, -0.1) is 0 Å². The summed E-state index contributed by atoms with van der Waals surface area (Å²) in [6, 6.07) is 7.01. The number of alkyl halides is 3. The molecular formula is C14H11ClF3N3O2. The van der Waals surface area contributed by atoms with E-state index in [1.54, 1.807) is 24.3 Å². The summed E-state index contributed by atoms with van der Waals surface area (Å²) < 4.78 is 43.0. The van der Waals surface area contributed by atoms with Crippen molar-refractivity contribution >= 4 is 29.1 Å². The average molecular weight is 346 g/mol. The first-order chi connectivity index (χ1) is 10.8.